The van der Waals surface area contributed by atoms with Crippen LogP contribution in [0.25, 0.3) is 6.08 Å². The summed E-state index contributed by atoms with van der Waals surface area (Å²) in [5.41, 5.74) is 3.40. The number of fused-ring (bicyclic) bond motifs is 1. The highest BCUT2D eigenvalue weighted by Gasteiger charge is 2.33. The molecule has 1 aliphatic rings. The zero-order valence-electron chi connectivity index (χ0n) is 20.9. The lowest BCUT2D eigenvalue weighted by atomic mass is 9.96. The number of hydrogen-bond donors (Lipinski definition) is 0. The number of esters is 1. The lowest BCUT2D eigenvalue weighted by Gasteiger charge is -2.24. The molecule has 0 fully saturated rings. The van der Waals surface area contributed by atoms with Crippen molar-refractivity contribution in [1.82, 2.24) is 4.57 Å². The van der Waals surface area contributed by atoms with Gasteiger partial charge in [0.05, 0.1) is 28.5 Å². The normalized spacial score (nSPS) is 15.1. The fourth-order valence-electron chi connectivity index (χ4n) is 4.34. The van der Waals surface area contributed by atoms with Crippen molar-refractivity contribution in [2.24, 2.45) is 4.99 Å². The summed E-state index contributed by atoms with van der Waals surface area (Å²) in [4.78, 5) is 31.9. The fourth-order valence-corrected chi connectivity index (χ4v) is 5.65. The second-order valence-corrected chi connectivity index (χ2v) is 10.6. The Morgan fingerprint density at radius 3 is 2.58 bits per heavy atom. The molecule has 0 saturated carbocycles. The number of carbonyl (C=O) groups is 1. The summed E-state index contributed by atoms with van der Waals surface area (Å²) in [5.74, 6) is 0.239. The molecule has 3 aromatic carbocycles. The maximum atomic E-state index is 13.8. The van der Waals surface area contributed by atoms with Crippen LogP contribution in [0, 0.1) is 0 Å². The molecule has 0 saturated heterocycles. The number of aromatic nitrogens is 1. The third-order valence-electron chi connectivity index (χ3n) is 6.11. The van der Waals surface area contributed by atoms with Crippen molar-refractivity contribution in [3.63, 3.8) is 0 Å². The van der Waals surface area contributed by atoms with Gasteiger partial charge in [-0.15, -0.1) is 0 Å². The van der Waals surface area contributed by atoms with E-state index < -0.39 is 12.0 Å². The van der Waals surface area contributed by atoms with Crippen molar-refractivity contribution >= 4 is 39.3 Å². The first-order valence-electron chi connectivity index (χ1n) is 12.2. The second kappa shape index (κ2) is 11.3. The van der Waals surface area contributed by atoms with Crippen LogP contribution in [0.2, 0.25) is 0 Å². The van der Waals surface area contributed by atoms with Gasteiger partial charge in [-0.1, -0.05) is 81.9 Å². The molecule has 1 aliphatic heterocycles. The largest absolute Gasteiger partial charge is 0.489 e. The molecule has 0 spiro atoms. The van der Waals surface area contributed by atoms with Crippen LogP contribution in [-0.4, -0.2) is 17.1 Å². The van der Waals surface area contributed by atoms with Crippen molar-refractivity contribution < 1.29 is 14.3 Å². The maximum absolute atomic E-state index is 13.8. The summed E-state index contributed by atoms with van der Waals surface area (Å²) in [6.45, 7) is 4.23. The Bertz CT molecular complexity index is 1690. The monoisotopic (exact) mass is 588 g/mol. The first-order chi connectivity index (χ1) is 18.4. The smallest absolute Gasteiger partial charge is 0.338 e. The topological polar surface area (TPSA) is 69.9 Å². The SMILES string of the molecule is CCOC(=O)C1=C(C)N=c2s/c(=C\c3cccc(OCc4ccccc4)c3)c(=O)n2C1c1ccc(Br)cc1. The van der Waals surface area contributed by atoms with Crippen LogP contribution in [0.4, 0.5) is 0 Å². The third-order valence-corrected chi connectivity index (χ3v) is 7.62. The van der Waals surface area contributed by atoms with E-state index in [1.54, 1.807) is 18.4 Å². The van der Waals surface area contributed by atoms with Gasteiger partial charge in [-0.05, 0) is 60.9 Å². The molecule has 6 nitrogen and oxygen atoms in total. The van der Waals surface area contributed by atoms with Crippen LogP contribution in [0.15, 0.2) is 104 Å². The van der Waals surface area contributed by atoms with Gasteiger partial charge in [-0.25, -0.2) is 9.79 Å². The number of thiazole rings is 1. The average Bonchev–Trinajstić information content (AvgIpc) is 3.22. The van der Waals surface area contributed by atoms with Crippen molar-refractivity contribution in [2.45, 2.75) is 26.5 Å². The summed E-state index contributed by atoms with van der Waals surface area (Å²) in [7, 11) is 0. The molecule has 38 heavy (non-hydrogen) atoms. The standard InChI is InChI=1S/C30H25BrN2O4S/c1-3-36-29(35)26-19(2)32-30-33(27(26)22-12-14-23(31)15-13-22)28(34)25(38-30)17-21-10-7-11-24(16-21)37-18-20-8-5-4-6-9-20/h4-17,27H,3,18H2,1-2H3/b25-17-. The number of allylic oxidation sites excluding steroid dienone is 1. The molecule has 1 atom stereocenters. The van der Waals surface area contributed by atoms with Gasteiger partial charge in [0.25, 0.3) is 5.56 Å². The molecule has 2 heterocycles. The Morgan fingerprint density at radius 1 is 1.08 bits per heavy atom. The first-order valence-corrected chi connectivity index (χ1v) is 13.8. The first kappa shape index (κ1) is 25.9. The quantitative estimate of drug-likeness (QED) is 0.280. The van der Waals surface area contributed by atoms with Crippen molar-refractivity contribution in [1.29, 1.82) is 0 Å². The lowest BCUT2D eigenvalue weighted by molar-refractivity contribution is -0.139. The zero-order valence-corrected chi connectivity index (χ0v) is 23.3. The molecule has 5 rings (SSSR count). The highest BCUT2D eigenvalue weighted by atomic mass is 79.9. The zero-order chi connectivity index (χ0) is 26.6. The van der Waals surface area contributed by atoms with Gasteiger partial charge in [0, 0.05) is 4.47 Å². The van der Waals surface area contributed by atoms with E-state index in [0.29, 0.717) is 33.0 Å². The molecule has 1 aromatic heterocycles. The third kappa shape index (κ3) is 5.42. The Morgan fingerprint density at radius 2 is 1.84 bits per heavy atom. The molecule has 0 bridgehead atoms. The number of rotatable bonds is 7. The number of halogens is 1. The Labute approximate surface area is 232 Å². The Kier molecular flexibility index (Phi) is 7.72. The van der Waals surface area contributed by atoms with E-state index in [0.717, 1.165) is 21.2 Å². The van der Waals surface area contributed by atoms with E-state index >= 15 is 0 Å². The van der Waals surface area contributed by atoms with Crippen LogP contribution in [0.3, 0.4) is 0 Å². The predicted octanol–water partition coefficient (Wildman–Crippen LogP) is 5.14. The van der Waals surface area contributed by atoms with Crippen LogP contribution in [0.1, 0.15) is 36.6 Å². The number of benzene rings is 3. The van der Waals surface area contributed by atoms with E-state index in [2.05, 4.69) is 20.9 Å². The molecule has 4 aromatic rings. The second-order valence-electron chi connectivity index (χ2n) is 8.70. The van der Waals surface area contributed by atoms with E-state index in [4.69, 9.17) is 9.47 Å². The van der Waals surface area contributed by atoms with E-state index in [-0.39, 0.29) is 12.2 Å². The van der Waals surface area contributed by atoms with Gasteiger partial charge < -0.3 is 9.47 Å². The number of nitrogens with zero attached hydrogens (tertiary/aromatic N) is 2. The minimum Gasteiger partial charge on any atom is -0.489 e. The van der Waals surface area contributed by atoms with E-state index in [9.17, 15) is 9.59 Å². The molecular weight excluding hydrogens is 564 g/mol. The van der Waals surface area contributed by atoms with Gasteiger partial charge in [0.1, 0.15) is 12.4 Å². The highest BCUT2D eigenvalue weighted by molar-refractivity contribution is 9.10. The van der Waals surface area contributed by atoms with Crippen LogP contribution in [0.5, 0.6) is 5.75 Å². The van der Waals surface area contributed by atoms with Crippen molar-refractivity contribution in [2.75, 3.05) is 6.61 Å². The van der Waals surface area contributed by atoms with Crippen molar-refractivity contribution in [3.8, 4) is 5.75 Å². The summed E-state index contributed by atoms with van der Waals surface area (Å²) in [6, 6.07) is 24.5. The van der Waals surface area contributed by atoms with Crippen LogP contribution >= 0.6 is 27.3 Å². The molecule has 0 aliphatic carbocycles. The van der Waals surface area contributed by atoms with Gasteiger partial charge in [-0.2, -0.15) is 0 Å². The summed E-state index contributed by atoms with van der Waals surface area (Å²) in [6.07, 6.45) is 1.83. The molecule has 1 unspecified atom stereocenters. The minimum absolute atomic E-state index is 0.216. The van der Waals surface area contributed by atoms with Gasteiger partial charge in [0.15, 0.2) is 4.80 Å². The Hall–Kier alpha value is -3.75. The molecule has 192 valence electrons. The van der Waals surface area contributed by atoms with Gasteiger partial charge in [-0.3, -0.25) is 9.36 Å². The van der Waals surface area contributed by atoms with Crippen LogP contribution in [-0.2, 0) is 16.1 Å². The summed E-state index contributed by atoms with van der Waals surface area (Å²) in [5, 5.41) is 0. The van der Waals surface area contributed by atoms with Crippen LogP contribution < -0.4 is 19.6 Å². The fraction of sp³-hybridized carbons (Fsp3) is 0.167. The molecular formula is C30H25BrN2O4S. The molecule has 0 N–H and O–H groups in total. The number of hydrogen-bond acceptors (Lipinski definition) is 6. The maximum Gasteiger partial charge on any atom is 0.338 e. The molecule has 0 amide bonds. The van der Waals surface area contributed by atoms with Gasteiger partial charge in [0.2, 0.25) is 0 Å². The Balaban J connectivity index is 1.55. The van der Waals surface area contributed by atoms with E-state index in [1.807, 2.05) is 84.9 Å². The molecule has 0 radical (unpaired) electrons. The average molecular weight is 590 g/mol. The van der Waals surface area contributed by atoms with E-state index in [1.165, 1.54) is 11.3 Å². The number of carbonyl (C=O) groups excluding carboxylic acids is 1. The van der Waals surface area contributed by atoms with Gasteiger partial charge >= 0.3 is 5.97 Å². The van der Waals surface area contributed by atoms with Crippen molar-refractivity contribution in [3.05, 3.63) is 131 Å². The number of ether oxygens (including phenoxy) is 2. The summed E-state index contributed by atoms with van der Waals surface area (Å²) < 4.78 is 14.3. The summed E-state index contributed by atoms with van der Waals surface area (Å²) >= 11 is 4.76. The molecule has 8 heteroatoms. The minimum atomic E-state index is -0.638. The lowest BCUT2D eigenvalue weighted by Crippen LogP contribution is -2.39. The predicted molar refractivity (Wildman–Crippen MR) is 152 cm³/mol. The highest BCUT2D eigenvalue weighted by Crippen LogP contribution is 2.31.